The Kier molecular flexibility index (Phi) is 10.7. The molecule has 42 heavy (non-hydrogen) atoms. The van der Waals surface area contributed by atoms with Crippen LogP contribution < -0.4 is 5.32 Å². The molecule has 0 bridgehead atoms. The Morgan fingerprint density at radius 3 is 1.93 bits per heavy atom. The third-order valence-corrected chi connectivity index (χ3v) is 8.08. The fourth-order valence-electron chi connectivity index (χ4n) is 4.97. The number of hydrogen-bond acceptors (Lipinski definition) is 7. The van der Waals surface area contributed by atoms with Crippen LogP contribution in [0.1, 0.15) is 48.3 Å². The molecular weight excluding hydrogens is 550 g/mol. The van der Waals surface area contributed by atoms with Crippen LogP contribution in [0.25, 0.3) is 0 Å². The third kappa shape index (κ3) is 8.36. The molecule has 1 saturated heterocycles. The lowest BCUT2D eigenvalue weighted by atomic mass is 9.96. The summed E-state index contributed by atoms with van der Waals surface area (Å²) in [4.78, 5) is 43.7. The Morgan fingerprint density at radius 1 is 0.833 bits per heavy atom. The van der Waals surface area contributed by atoms with Gasteiger partial charge in [-0.25, -0.2) is 9.59 Å². The van der Waals surface area contributed by atoms with Crippen molar-refractivity contribution in [3.8, 4) is 0 Å². The first kappa shape index (κ1) is 31.1. The molecule has 3 aromatic rings. The van der Waals surface area contributed by atoms with E-state index in [1.165, 1.54) is 30.0 Å². The van der Waals surface area contributed by atoms with Gasteiger partial charge in [0.25, 0.3) is 0 Å². The summed E-state index contributed by atoms with van der Waals surface area (Å²) in [5, 5.41) is 2.79. The fourth-order valence-corrected chi connectivity index (χ4v) is 6.03. The average molecular weight is 590 g/mol. The maximum Gasteiger partial charge on any atom is 0.408 e. The Morgan fingerprint density at radius 2 is 1.38 bits per heavy atom. The summed E-state index contributed by atoms with van der Waals surface area (Å²) in [6.45, 7) is 7.73. The predicted octanol–water partition coefficient (Wildman–Crippen LogP) is 5.39. The quantitative estimate of drug-likeness (QED) is 0.264. The number of amides is 2. The van der Waals surface area contributed by atoms with Crippen molar-refractivity contribution in [2.45, 2.75) is 43.4 Å². The minimum atomic E-state index is -0.846. The first-order valence-corrected chi connectivity index (χ1v) is 15.1. The molecule has 0 aromatic heterocycles. The second-order valence-corrected chi connectivity index (χ2v) is 12.1. The van der Waals surface area contributed by atoms with E-state index < -0.39 is 23.7 Å². The minimum absolute atomic E-state index is 0.0747. The van der Waals surface area contributed by atoms with E-state index >= 15 is 0 Å². The molecule has 1 aliphatic rings. The topological polar surface area (TPSA) is 88.2 Å². The van der Waals surface area contributed by atoms with Gasteiger partial charge in [0.15, 0.2) is 0 Å². The van der Waals surface area contributed by atoms with E-state index in [0.717, 1.165) is 0 Å². The number of nitrogens with zero attached hydrogens (tertiary/aromatic N) is 2. The van der Waals surface area contributed by atoms with E-state index in [1.807, 2.05) is 42.5 Å². The molecule has 4 rings (SSSR count). The molecule has 2 amide bonds. The Hall–Kier alpha value is -3.82. The molecule has 9 heteroatoms. The van der Waals surface area contributed by atoms with Gasteiger partial charge in [-0.2, -0.15) is 0 Å². The van der Waals surface area contributed by atoms with Gasteiger partial charge in [-0.1, -0.05) is 72.8 Å². The summed E-state index contributed by atoms with van der Waals surface area (Å²) in [5.41, 5.74) is 2.11. The monoisotopic (exact) mass is 589 g/mol. The van der Waals surface area contributed by atoms with Gasteiger partial charge in [0, 0.05) is 36.8 Å². The van der Waals surface area contributed by atoms with Crippen LogP contribution in [-0.2, 0) is 14.3 Å². The lowest BCUT2D eigenvalue weighted by molar-refractivity contribution is -0.134. The Balaban J connectivity index is 1.49. The van der Waals surface area contributed by atoms with E-state index in [9.17, 15) is 14.4 Å². The summed E-state index contributed by atoms with van der Waals surface area (Å²) in [6.07, 6.45) is -0.658. The van der Waals surface area contributed by atoms with E-state index in [0.29, 0.717) is 36.6 Å². The molecule has 0 spiro atoms. The normalized spacial score (nSPS) is 14.7. The van der Waals surface area contributed by atoms with Gasteiger partial charge < -0.3 is 19.7 Å². The number of carbonyl (C=O) groups is 3. The van der Waals surface area contributed by atoms with Crippen molar-refractivity contribution in [3.63, 3.8) is 0 Å². The fraction of sp³-hybridized carbons (Fsp3) is 0.364. The van der Waals surface area contributed by atoms with Gasteiger partial charge >= 0.3 is 12.1 Å². The summed E-state index contributed by atoms with van der Waals surface area (Å²) < 4.78 is 10.4. The second-order valence-electron chi connectivity index (χ2n) is 11.1. The molecule has 0 radical (unpaired) electrons. The Bertz CT molecular complexity index is 1300. The van der Waals surface area contributed by atoms with Crippen LogP contribution in [0.3, 0.4) is 0 Å². The number of piperazine rings is 1. The van der Waals surface area contributed by atoms with Crippen LogP contribution in [0.2, 0.25) is 0 Å². The molecule has 0 saturated carbocycles. The molecule has 222 valence electrons. The van der Waals surface area contributed by atoms with Crippen LogP contribution in [0.5, 0.6) is 0 Å². The van der Waals surface area contributed by atoms with Gasteiger partial charge in [0.2, 0.25) is 5.91 Å². The number of methoxy groups -OCH3 is 1. The van der Waals surface area contributed by atoms with Crippen molar-refractivity contribution in [1.29, 1.82) is 0 Å². The molecule has 1 heterocycles. The molecule has 1 fully saturated rings. The van der Waals surface area contributed by atoms with E-state index in [4.69, 9.17) is 9.47 Å². The number of rotatable bonds is 9. The number of alkyl carbamates (subject to hydrolysis) is 1. The van der Waals surface area contributed by atoms with Crippen LogP contribution in [0.4, 0.5) is 4.79 Å². The summed E-state index contributed by atoms with van der Waals surface area (Å²) in [7, 11) is 1.33. The number of thioether (sulfide) groups is 1. The van der Waals surface area contributed by atoms with Crippen molar-refractivity contribution in [1.82, 2.24) is 15.1 Å². The molecule has 3 aromatic carbocycles. The number of benzene rings is 3. The van der Waals surface area contributed by atoms with Crippen molar-refractivity contribution in [2.75, 3.05) is 39.0 Å². The number of hydrogen-bond donors (Lipinski definition) is 1. The van der Waals surface area contributed by atoms with Crippen LogP contribution >= 0.6 is 11.8 Å². The summed E-state index contributed by atoms with van der Waals surface area (Å²) in [5.74, 6) is -0.411. The molecule has 1 aliphatic heterocycles. The summed E-state index contributed by atoms with van der Waals surface area (Å²) >= 11 is 1.32. The highest BCUT2D eigenvalue weighted by molar-refractivity contribution is 7.99. The predicted molar refractivity (Wildman–Crippen MR) is 165 cm³/mol. The van der Waals surface area contributed by atoms with Gasteiger partial charge in [-0.3, -0.25) is 9.69 Å². The largest absolute Gasteiger partial charge is 0.465 e. The number of ether oxygens (including phenoxy) is 2. The van der Waals surface area contributed by atoms with Crippen molar-refractivity contribution in [2.24, 2.45) is 0 Å². The highest BCUT2D eigenvalue weighted by Crippen LogP contribution is 2.30. The second kappa shape index (κ2) is 14.4. The standard InChI is InChI=1S/C33H39N3O5S/c1-33(2,3)41-32(39)34-27(23-42-28-18-12-11-17-26(28)31(38)40-4)30(37)36-21-19-35(20-22-36)29(24-13-7-5-8-14-24)25-15-9-6-10-16-25/h5-18,27,29H,19-23H2,1-4H3,(H,34,39)/t27-/m0/s1. The number of esters is 1. The molecular formula is C33H39N3O5S. The summed E-state index contributed by atoms with van der Waals surface area (Å²) in [6, 6.07) is 27.1. The van der Waals surface area contributed by atoms with Crippen molar-refractivity contribution >= 4 is 29.7 Å². The van der Waals surface area contributed by atoms with E-state index in [1.54, 1.807) is 43.9 Å². The first-order valence-electron chi connectivity index (χ1n) is 14.1. The lowest BCUT2D eigenvalue weighted by Gasteiger charge is -2.40. The first-order chi connectivity index (χ1) is 20.2. The molecule has 1 N–H and O–H groups in total. The van der Waals surface area contributed by atoms with E-state index in [-0.39, 0.29) is 17.7 Å². The van der Waals surface area contributed by atoms with Crippen LogP contribution in [0, 0.1) is 0 Å². The highest BCUT2D eigenvalue weighted by atomic mass is 32.2. The molecule has 0 aliphatic carbocycles. The zero-order valence-corrected chi connectivity index (χ0v) is 25.4. The minimum Gasteiger partial charge on any atom is -0.465 e. The molecule has 8 nitrogen and oxygen atoms in total. The highest BCUT2D eigenvalue weighted by Gasteiger charge is 2.33. The van der Waals surface area contributed by atoms with Gasteiger partial charge in [0.1, 0.15) is 11.6 Å². The van der Waals surface area contributed by atoms with Gasteiger partial charge in [-0.05, 0) is 44.0 Å². The molecule has 0 unspecified atom stereocenters. The van der Waals surface area contributed by atoms with Crippen LogP contribution in [-0.4, -0.2) is 78.5 Å². The van der Waals surface area contributed by atoms with E-state index in [2.05, 4.69) is 34.5 Å². The SMILES string of the molecule is COC(=O)c1ccccc1SC[C@H](NC(=O)OC(C)(C)C)C(=O)N1CCN(C(c2ccccc2)c2ccccc2)CC1. The van der Waals surface area contributed by atoms with Crippen molar-refractivity contribution in [3.05, 3.63) is 102 Å². The third-order valence-electron chi connectivity index (χ3n) is 6.91. The maximum atomic E-state index is 13.8. The smallest absolute Gasteiger partial charge is 0.408 e. The van der Waals surface area contributed by atoms with Gasteiger partial charge in [-0.15, -0.1) is 11.8 Å². The van der Waals surface area contributed by atoms with Gasteiger partial charge in [0.05, 0.1) is 18.7 Å². The zero-order valence-electron chi connectivity index (χ0n) is 24.6. The average Bonchev–Trinajstić information content (AvgIpc) is 2.99. The van der Waals surface area contributed by atoms with Crippen LogP contribution in [0.15, 0.2) is 89.8 Å². The number of nitrogens with one attached hydrogen (secondary N) is 1. The maximum absolute atomic E-state index is 13.8. The lowest BCUT2D eigenvalue weighted by Crippen LogP contribution is -2.56. The van der Waals surface area contributed by atoms with Crippen molar-refractivity contribution < 1.29 is 23.9 Å². The zero-order chi connectivity index (χ0) is 30.1. The molecule has 1 atom stereocenters. The Labute approximate surface area is 252 Å². The number of carbonyl (C=O) groups excluding carboxylic acids is 3.